The van der Waals surface area contributed by atoms with Gasteiger partial charge in [-0.2, -0.15) is 4.98 Å². The molecule has 2 saturated carbocycles. The molecule has 1 aliphatic heterocycles. The van der Waals surface area contributed by atoms with Crippen LogP contribution in [0.5, 0.6) is 0 Å². The van der Waals surface area contributed by atoms with Crippen molar-refractivity contribution in [3.63, 3.8) is 0 Å². The summed E-state index contributed by atoms with van der Waals surface area (Å²) in [6.45, 7) is 13.3. The van der Waals surface area contributed by atoms with Crippen LogP contribution < -0.4 is 5.32 Å². The number of hydrogen-bond acceptors (Lipinski definition) is 6. The third-order valence-corrected chi connectivity index (χ3v) is 7.13. The zero-order chi connectivity index (χ0) is 20.6. The molecule has 2 heterocycles. The highest BCUT2D eigenvalue weighted by molar-refractivity contribution is 5.78. The standard InChI is InChI=1S/C22H37N5O2/c1-15(18-12-16-5-6-17(18)11-16)23-20(28)14-27-9-7-26(8-10-27)13-19-24-21(29-25-19)22(2,3)4/h15-18H,5-14H2,1-4H3,(H,23,28)/t15-,16+,17+,18-/m1/s1. The number of nitrogens with one attached hydrogen (secondary N) is 1. The Hall–Kier alpha value is -1.47. The Bertz CT molecular complexity index is 704. The number of fused-ring (bicyclic) bond motifs is 2. The summed E-state index contributed by atoms with van der Waals surface area (Å²) in [5.74, 6) is 4.09. The van der Waals surface area contributed by atoms with E-state index in [2.05, 4.69) is 53.0 Å². The van der Waals surface area contributed by atoms with Crippen LogP contribution in [0.3, 0.4) is 0 Å². The summed E-state index contributed by atoms with van der Waals surface area (Å²) in [5.41, 5.74) is -0.119. The van der Waals surface area contributed by atoms with Gasteiger partial charge < -0.3 is 9.84 Å². The fraction of sp³-hybridized carbons (Fsp3) is 0.864. The first-order chi connectivity index (χ1) is 13.8. The van der Waals surface area contributed by atoms with Gasteiger partial charge in [0.25, 0.3) is 0 Å². The Balaban J connectivity index is 1.18. The van der Waals surface area contributed by atoms with Crippen LogP contribution >= 0.6 is 0 Å². The molecule has 1 saturated heterocycles. The molecule has 2 aliphatic carbocycles. The molecule has 0 radical (unpaired) electrons. The van der Waals surface area contributed by atoms with Gasteiger partial charge in [0.1, 0.15) is 0 Å². The first kappa shape index (κ1) is 20.8. The molecule has 1 N–H and O–H groups in total. The minimum absolute atomic E-state index is 0.119. The van der Waals surface area contributed by atoms with Crippen LogP contribution in [0.1, 0.15) is 65.1 Å². The lowest BCUT2D eigenvalue weighted by Crippen LogP contribution is -2.51. The Morgan fingerprint density at radius 2 is 1.90 bits per heavy atom. The van der Waals surface area contributed by atoms with Crippen molar-refractivity contribution >= 4 is 5.91 Å². The molecule has 0 aromatic carbocycles. The van der Waals surface area contributed by atoms with Crippen LogP contribution in [0, 0.1) is 17.8 Å². The summed E-state index contributed by atoms with van der Waals surface area (Å²) in [4.78, 5) is 21.7. The van der Waals surface area contributed by atoms with Crippen molar-refractivity contribution in [2.45, 2.75) is 71.4 Å². The average Bonchev–Trinajstić information content (AvgIpc) is 3.39. The number of rotatable bonds is 6. The van der Waals surface area contributed by atoms with Gasteiger partial charge in [-0.05, 0) is 43.9 Å². The van der Waals surface area contributed by atoms with Crippen molar-refractivity contribution in [3.05, 3.63) is 11.7 Å². The molecule has 1 aromatic heterocycles. The topological polar surface area (TPSA) is 74.5 Å². The molecule has 1 aromatic rings. The second kappa shape index (κ2) is 8.34. The highest BCUT2D eigenvalue weighted by atomic mass is 16.5. The van der Waals surface area contributed by atoms with E-state index in [1.807, 2.05) is 0 Å². The molecule has 3 aliphatic rings. The quantitative estimate of drug-likeness (QED) is 0.786. The monoisotopic (exact) mass is 403 g/mol. The summed E-state index contributed by atoms with van der Waals surface area (Å²) < 4.78 is 5.39. The van der Waals surface area contributed by atoms with E-state index in [1.165, 1.54) is 25.7 Å². The van der Waals surface area contributed by atoms with Crippen molar-refractivity contribution in [1.29, 1.82) is 0 Å². The van der Waals surface area contributed by atoms with E-state index >= 15 is 0 Å². The highest BCUT2D eigenvalue weighted by Gasteiger charge is 2.42. The number of carbonyl (C=O) groups excluding carboxylic acids is 1. The Morgan fingerprint density at radius 3 is 2.48 bits per heavy atom. The summed E-state index contributed by atoms with van der Waals surface area (Å²) in [7, 11) is 0. The normalized spacial score (nSPS) is 29.3. The predicted octanol–water partition coefficient (Wildman–Crippen LogP) is 2.43. The van der Waals surface area contributed by atoms with Crippen LogP contribution in [-0.4, -0.2) is 64.6 Å². The third kappa shape index (κ3) is 5.00. The van der Waals surface area contributed by atoms with Crippen molar-refractivity contribution in [2.24, 2.45) is 17.8 Å². The van der Waals surface area contributed by atoms with Crippen molar-refractivity contribution < 1.29 is 9.32 Å². The first-order valence-corrected chi connectivity index (χ1v) is 11.3. The van der Waals surface area contributed by atoms with Gasteiger partial charge in [0.05, 0.1) is 13.1 Å². The molecule has 3 fully saturated rings. The first-order valence-electron chi connectivity index (χ1n) is 11.3. The highest BCUT2D eigenvalue weighted by Crippen LogP contribution is 2.49. The second-order valence-electron chi connectivity index (χ2n) is 10.5. The van der Waals surface area contributed by atoms with Gasteiger partial charge in [0, 0.05) is 37.6 Å². The van der Waals surface area contributed by atoms with Gasteiger partial charge in [-0.3, -0.25) is 14.6 Å². The number of aromatic nitrogens is 2. The van der Waals surface area contributed by atoms with Gasteiger partial charge in [0.15, 0.2) is 5.82 Å². The van der Waals surface area contributed by atoms with E-state index in [1.54, 1.807) is 0 Å². The zero-order valence-electron chi connectivity index (χ0n) is 18.5. The molecule has 162 valence electrons. The number of piperazine rings is 1. The molecule has 0 spiro atoms. The molecule has 4 rings (SSSR count). The van der Waals surface area contributed by atoms with Gasteiger partial charge in [-0.1, -0.05) is 32.3 Å². The number of hydrogen-bond donors (Lipinski definition) is 1. The van der Waals surface area contributed by atoms with Crippen LogP contribution in [-0.2, 0) is 16.8 Å². The summed E-state index contributed by atoms with van der Waals surface area (Å²) >= 11 is 0. The maximum absolute atomic E-state index is 12.6. The number of amides is 1. The van der Waals surface area contributed by atoms with E-state index < -0.39 is 0 Å². The van der Waals surface area contributed by atoms with Gasteiger partial charge in [0.2, 0.25) is 11.8 Å². The average molecular weight is 404 g/mol. The molecule has 7 heteroatoms. The molecule has 29 heavy (non-hydrogen) atoms. The Kier molecular flexibility index (Phi) is 5.98. The maximum Gasteiger partial charge on any atom is 0.234 e. The number of nitrogens with zero attached hydrogens (tertiary/aromatic N) is 4. The van der Waals surface area contributed by atoms with Crippen LogP contribution in [0.15, 0.2) is 4.52 Å². The maximum atomic E-state index is 12.6. The molecule has 4 atom stereocenters. The fourth-order valence-electron chi connectivity index (χ4n) is 5.44. The van der Waals surface area contributed by atoms with Gasteiger partial charge in [-0.15, -0.1) is 0 Å². The van der Waals surface area contributed by atoms with Crippen molar-refractivity contribution in [2.75, 3.05) is 32.7 Å². The number of carbonyl (C=O) groups is 1. The van der Waals surface area contributed by atoms with Crippen molar-refractivity contribution in [3.8, 4) is 0 Å². The SMILES string of the molecule is C[C@@H](NC(=O)CN1CCN(Cc2noc(C(C)(C)C)n2)CC1)[C@H]1C[C@H]2CC[C@H]1C2. The van der Waals surface area contributed by atoms with Crippen LogP contribution in [0.4, 0.5) is 0 Å². The predicted molar refractivity (Wildman–Crippen MR) is 111 cm³/mol. The third-order valence-electron chi connectivity index (χ3n) is 7.13. The van der Waals surface area contributed by atoms with E-state index in [4.69, 9.17) is 4.52 Å². The van der Waals surface area contributed by atoms with Crippen molar-refractivity contribution in [1.82, 2.24) is 25.3 Å². The van der Waals surface area contributed by atoms with Crippen LogP contribution in [0.25, 0.3) is 0 Å². The molecule has 1 amide bonds. The minimum Gasteiger partial charge on any atom is -0.352 e. The largest absolute Gasteiger partial charge is 0.352 e. The zero-order valence-corrected chi connectivity index (χ0v) is 18.5. The molecular weight excluding hydrogens is 366 g/mol. The summed E-state index contributed by atoms with van der Waals surface area (Å²) in [6, 6.07) is 0.314. The van der Waals surface area contributed by atoms with Gasteiger partial charge in [-0.25, -0.2) is 0 Å². The lowest BCUT2D eigenvalue weighted by molar-refractivity contribution is -0.123. The van der Waals surface area contributed by atoms with E-state index in [-0.39, 0.29) is 11.3 Å². The van der Waals surface area contributed by atoms with E-state index in [0.717, 1.165) is 43.8 Å². The van der Waals surface area contributed by atoms with E-state index in [0.29, 0.717) is 30.9 Å². The second-order valence-corrected chi connectivity index (χ2v) is 10.5. The lowest BCUT2D eigenvalue weighted by Gasteiger charge is -2.34. The minimum atomic E-state index is -0.119. The van der Waals surface area contributed by atoms with E-state index in [9.17, 15) is 4.79 Å². The molecule has 2 bridgehead atoms. The van der Waals surface area contributed by atoms with Crippen LogP contribution in [0.2, 0.25) is 0 Å². The summed E-state index contributed by atoms with van der Waals surface area (Å²) in [5, 5.41) is 7.42. The Morgan fingerprint density at radius 1 is 1.17 bits per heavy atom. The fourth-order valence-corrected chi connectivity index (χ4v) is 5.44. The molecule has 7 nitrogen and oxygen atoms in total. The van der Waals surface area contributed by atoms with Gasteiger partial charge >= 0.3 is 0 Å². The molecular formula is C22H37N5O2. The lowest BCUT2D eigenvalue weighted by atomic mass is 9.84. The summed E-state index contributed by atoms with van der Waals surface area (Å²) in [6.07, 6.45) is 5.49. The smallest absolute Gasteiger partial charge is 0.234 e. The Labute approximate surface area is 174 Å². The molecule has 0 unspecified atom stereocenters.